The molecule has 9 heteroatoms. The molecule has 0 aliphatic carbocycles. The summed E-state index contributed by atoms with van der Waals surface area (Å²) in [6.07, 6.45) is 1.57. The van der Waals surface area contributed by atoms with Crippen LogP contribution < -0.4 is 10.1 Å². The van der Waals surface area contributed by atoms with Crippen LogP contribution in [0.3, 0.4) is 0 Å². The van der Waals surface area contributed by atoms with Gasteiger partial charge in [-0.3, -0.25) is 9.36 Å². The molecule has 2 aromatic heterocycles. The highest BCUT2D eigenvalue weighted by molar-refractivity contribution is 7.99. The zero-order valence-corrected chi connectivity index (χ0v) is 20.6. The van der Waals surface area contributed by atoms with E-state index in [4.69, 9.17) is 16.3 Å². The Morgan fingerprint density at radius 1 is 1.09 bits per heavy atom. The van der Waals surface area contributed by atoms with E-state index >= 15 is 0 Å². The normalized spacial score (nSPS) is 11.0. The zero-order chi connectivity index (χ0) is 24.1. The van der Waals surface area contributed by atoms with Gasteiger partial charge in [-0.15, -0.1) is 10.2 Å². The minimum atomic E-state index is -0.211. The highest BCUT2D eigenvalue weighted by Crippen LogP contribution is 2.32. The first-order valence-corrected chi connectivity index (χ1v) is 12.1. The van der Waals surface area contributed by atoms with Crippen molar-refractivity contribution in [2.45, 2.75) is 24.9 Å². The summed E-state index contributed by atoms with van der Waals surface area (Å²) < 4.78 is 7.30. The van der Waals surface area contributed by atoms with Crippen LogP contribution in [0.5, 0.6) is 5.75 Å². The van der Waals surface area contributed by atoms with Crippen LogP contribution in [0.2, 0.25) is 5.15 Å². The number of aromatic nitrogens is 4. The van der Waals surface area contributed by atoms with Crippen LogP contribution in [0.4, 0.5) is 5.69 Å². The van der Waals surface area contributed by atoms with E-state index in [1.807, 2.05) is 47.0 Å². The second kappa shape index (κ2) is 10.7. The van der Waals surface area contributed by atoms with Crippen molar-refractivity contribution in [1.82, 2.24) is 19.7 Å². The summed E-state index contributed by atoms with van der Waals surface area (Å²) in [5, 5.41) is 12.6. The summed E-state index contributed by atoms with van der Waals surface area (Å²) in [7, 11) is 1.63. The number of methoxy groups -OCH3 is 1. The molecule has 0 unspecified atom stereocenters. The Labute approximate surface area is 207 Å². The predicted molar refractivity (Wildman–Crippen MR) is 136 cm³/mol. The molecule has 174 valence electrons. The van der Waals surface area contributed by atoms with E-state index in [2.05, 4.69) is 40.4 Å². The summed E-state index contributed by atoms with van der Waals surface area (Å²) >= 11 is 7.37. The Morgan fingerprint density at radius 3 is 2.56 bits per heavy atom. The summed E-state index contributed by atoms with van der Waals surface area (Å²) in [6, 6.07) is 19.3. The molecule has 0 spiro atoms. The van der Waals surface area contributed by atoms with Crippen LogP contribution in [-0.4, -0.2) is 38.5 Å². The summed E-state index contributed by atoms with van der Waals surface area (Å²) in [5.74, 6) is 1.66. The Balaban J connectivity index is 1.68. The average Bonchev–Trinajstić information content (AvgIpc) is 3.28. The SMILES string of the molecule is COc1ccc(-c2nnc(SCC(=O)Nc3cccnc3Cl)n2-c2ccccc2C(C)C)cc1. The first-order chi connectivity index (χ1) is 16.5. The molecule has 4 aromatic rings. The van der Waals surface area contributed by atoms with Gasteiger partial charge in [0.25, 0.3) is 0 Å². The van der Waals surface area contributed by atoms with E-state index in [1.54, 1.807) is 25.4 Å². The molecule has 0 atom stereocenters. The van der Waals surface area contributed by atoms with Crippen molar-refractivity contribution in [3.63, 3.8) is 0 Å². The number of benzene rings is 2. The number of para-hydroxylation sites is 1. The van der Waals surface area contributed by atoms with Crippen molar-refractivity contribution in [2.75, 3.05) is 18.2 Å². The standard InChI is InChI=1S/C25H24ClN5O2S/c1-16(2)19-7-4-5-9-21(19)31-24(17-10-12-18(33-3)13-11-17)29-30-25(31)34-15-22(32)28-20-8-6-14-27-23(20)26/h4-14,16H,15H2,1-3H3,(H,28,32). The molecule has 0 saturated heterocycles. The maximum absolute atomic E-state index is 12.6. The van der Waals surface area contributed by atoms with E-state index in [0.717, 1.165) is 22.6 Å². The second-order valence-electron chi connectivity index (χ2n) is 7.76. The maximum Gasteiger partial charge on any atom is 0.234 e. The van der Waals surface area contributed by atoms with Crippen LogP contribution >= 0.6 is 23.4 Å². The van der Waals surface area contributed by atoms with Gasteiger partial charge in [-0.05, 0) is 53.9 Å². The molecule has 0 radical (unpaired) electrons. The molecule has 1 N–H and O–H groups in total. The quantitative estimate of drug-likeness (QED) is 0.245. The number of rotatable bonds is 8. The largest absolute Gasteiger partial charge is 0.497 e. The van der Waals surface area contributed by atoms with Gasteiger partial charge in [-0.1, -0.05) is 55.4 Å². The lowest BCUT2D eigenvalue weighted by atomic mass is 10.0. The molecule has 2 heterocycles. The number of anilines is 1. The second-order valence-corrected chi connectivity index (χ2v) is 9.06. The molecule has 0 bridgehead atoms. The number of pyridine rings is 1. The fourth-order valence-corrected chi connectivity index (χ4v) is 4.39. The van der Waals surface area contributed by atoms with Crippen LogP contribution in [0, 0.1) is 0 Å². The molecule has 34 heavy (non-hydrogen) atoms. The van der Waals surface area contributed by atoms with E-state index in [-0.39, 0.29) is 22.7 Å². The number of thioether (sulfide) groups is 1. The highest BCUT2D eigenvalue weighted by Gasteiger charge is 2.20. The number of hydrogen-bond acceptors (Lipinski definition) is 6. The first-order valence-electron chi connectivity index (χ1n) is 10.7. The number of ether oxygens (including phenoxy) is 1. The smallest absolute Gasteiger partial charge is 0.234 e. The first kappa shape index (κ1) is 23.8. The van der Waals surface area contributed by atoms with Crippen LogP contribution in [0.25, 0.3) is 17.1 Å². The predicted octanol–water partition coefficient (Wildman–Crippen LogP) is 5.85. The summed E-state index contributed by atoms with van der Waals surface area (Å²) in [6.45, 7) is 4.29. The van der Waals surface area contributed by atoms with Crippen molar-refractivity contribution >= 4 is 35.0 Å². The van der Waals surface area contributed by atoms with Crippen molar-refractivity contribution in [2.24, 2.45) is 0 Å². The number of carbonyl (C=O) groups excluding carboxylic acids is 1. The lowest BCUT2D eigenvalue weighted by molar-refractivity contribution is -0.113. The van der Waals surface area contributed by atoms with Gasteiger partial charge in [0.05, 0.1) is 24.2 Å². The van der Waals surface area contributed by atoms with Gasteiger partial charge in [0.1, 0.15) is 5.75 Å². The van der Waals surface area contributed by atoms with Gasteiger partial charge in [0.2, 0.25) is 5.91 Å². The fourth-order valence-electron chi connectivity index (χ4n) is 3.48. The molecular formula is C25H24ClN5O2S. The molecule has 4 rings (SSSR count). The van der Waals surface area contributed by atoms with Crippen molar-refractivity contribution < 1.29 is 9.53 Å². The average molecular weight is 494 g/mol. The third-order valence-corrected chi connectivity index (χ3v) is 6.38. The number of halogens is 1. The molecule has 1 amide bonds. The number of nitrogens with zero attached hydrogens (tertiary/aromatic N) is 4. The molecule has 7 nitrogen and oxygen atoms in total. The van der Waals surface area contributed by atoms with Gasteiger partial charge in [0, 0.05) is 11.8 Å². The van der Waals surface area contributed by atoms with Crippen molar-refractivity contribution in [3.05, 3.63) is 77.6 Å². The third kappa shape index (κ3) is 5.24. The number of carbonyl (C=O) groups is 1. The monoisotopic (exact) mass is 493 g/mol. The van der Waals surface area contributed by atoms with Crippen LogP contribution in [0.15, 0.2) is 72.0 Å². The van der Waals surface area contributed by atoms with E-state index < -0.39 is 0 Å². The Hall–Kier alpha value is -3.36. The molecule has 0 aliphatic heterocycles. The van der Waals surface area contributed by atoms with E-state index in [1.165, 1.54) is 11.8 Å². The highest BCUT2D eigenvalue weighted by atomic mass is 35.5. The van der Waals surface area contributed by atoms with Crippen LogP contribution in [0.1, 0.15) is 25.3 Å². The van der Waals surface area contributed by atoms with Gasteiger partial charge >= 0.3 is 0 Å². The van der Waals surface area contributed by atoms with E-state index in [9.17, 15) is 4.79 Å². The Morgan fingerprint density at radius 2 is 1.85 bits per heavy atom. The minimum Gasteiger partial charge on any atom is -0.497 e. The van der Waals surface area contributed by atoms with Gasteiger partial charge < -0.3 is 10.1 Å². The maximum atomic E-state index is 12.6. The molecule has 2 aromatic carbocycles. The van der Waals surface area contributed by atoms with Gasteiger partial charge in [0.15, 0.2) is 16.1 Å². The van der Waals surface area contributed by atoms with Crippen LogP contribution in [-0.2, 0) is 4.79 Å². The lowest BCUT2D eigenvalue weighted by Crippen LogP contribution is -2.15. The number of hydrogen-bond donors (Lipinski definition) is 1. The lowest BCUT2D eigenvalue weighted by Gasteiger charge is -2.17. The van der Waals surface area contributed by atoms with Crippen molar-refractivity contribution in [1.29, 1.82) is 0 Å². The third-order valence-electron chi connectivity index (χ3n) is 5.15. The topological polar surface area (TPSA) is 81.9 Å². The molecule has 0 aliphatic rings. The summed E-state index contributed by atoms with van der Waals surface area (Å²) in [5.41, 5.74) is 3.50. The molecule has 0 fully saturated rings. The molecular weight excluding hydrogens is 470 g/mol. The number of nitrogens with one attached hydrogen (secondary N) is 1. The van der Waals surface area contributed by atoms with Gasteiger partial charge in [-0.2, -0.15) is 0 Å². The fraction of sp³-hybridized carbons (Fsp3) is 0.200. The molecule has 0 saturated carbocycles. The van der Waals surface area contributed by atoms with Gasteiger partial charge in [-0.25, -0.2) is 4.98 Å². The zero-order valence-electron chi connectivity index (χ0n) is 19.0. The summed E-state index contributed by atoms with van der Waals surface area (Å²) in [4.78, 5) is 16.6. The Bertz CT molecular complexity index is 1290. The van der Waals surface area contributed by atoms with Crippen molar-refractivity contribution in [3.8, 4) is 22.8 Å². The minimum absolute atomic E-state index is 0.135. The van der Waals surface area contributed by atoms with E-state index in [0.29, 0.717) is 16.7 Å². The Kier molecular flexibility index (Phi) is 7.49. The number of amides is 1.